The Morgan fingerprint density at radius 1 is 0.950 bits per heavy atom. The van der Waals surface area contributed by atoms with E-state index in [0.717, 1.165) is 23.9 Å². The number of aromatic nitrogens is 2. The molecule has 1 heterocycles. The van der Waals surface area contributed by atoms with Crippen molar-refractivity contribution in [3.8, 4) is 22.9 Å². The number of benzene rings is 2. The van der Waals surface area contributed by atoms with Gasteiger partial charge in [0.05, 0.1) is 11.0 Å². The van der Waals surface area contributed by atoms with Crippen molar-refractivity contribution in [3.63, 3.8) is 0 Å². The molecule has 0 bridgehead atoms. The van der Waals surface area contributed by atoms with E-state index in [2.05, 4.69) is 9.55 Å². The van der Waals surface area contributed by atoms with Crippen molar-refractivity contribution in [2.75, 3.05) is 0 Å². The highest BCUT2D eigenvalue weighted by atomic mass is 16.3. The maximum atomic E-state index is 10.1. The molecule has 20 heavy (non-hydrogen) atoms. The molecule has 2 N–H and O–H groups in total. The minimum absolute atomic E-state index is 0.0576. The summed E-state index contributed by atoms with van der Waals surface area (Å²) >= 11 is 0. The molecule has 0 radical (unpaired) electrons. The first kappa shape index (κ1) is 11.3. The lowest BCUT2D eigenvalue weighted by molar-refractivity contribution is 0.453. The summed E-state index contributed by atoms with van der Waals surface area (Å²) in [5.41, 5.74) is 2.35. The van der Waals surface area contributed by atoms with E-state index in [1.54, 1.807) is 18.2 Å². The predicted octanol–water partition coefficient (Wildman–Crippen LogP) is 3.45. The van der Waals surface area contributed by atoms with Crippen molar-refractivity contribution in [3.05, 3.63) is 42.5 Å². The molecule has 0 atom stereocenters. The largest absolute Gasteiger partial charge is 0.507 e. The summed E-state index contributed by atoms with van der Waals surface area (Å²) < 4.78 is 2.13. The normalized spacial score (nSPS) is 14.8. The molecule has 0 saturated heterocycles. The Bertz CT molecular complexity index is 783. The number of hydrogen-bond acceptors (Lipinski definition) is 3. The van der Waals surface area contributed by atoms with Gasteiger partial charge in [0.25, 0.3) is 0 Å². The van der Waals surface area contributed by atoms with Crippen molar-refractivity contribution in [1.82, 2.24) is 9.55 Å². The molecule has 100 valence electrons. The second-order valence-corrected chi connectivity index (χ2v) is 5.20. The fourth-order valence-electron chi connectivity index (χ4n) is 2.68. The Kier molecular flexibility index (Phi) is 2.27. The van der Waals surface area contributed by atoms with E-state index in [9.17, 15) is 10.2 Å². The lowest BCUT2D eigenvalue weighted by Gasteiger charge is -2.10. The fourth-order valence-corrected chi connectivity index (χ4v) is 2.68. The van der Waals surface area contributed by atoms with Crippen LogP contribution in [0.2, 0.25) is 0 Å². The van der Waals surface area contributed by atoms with E-state index >= 15 is 0 Å². The van der Waals surface area contributed by atoms with Crippen LogP contribution in [-0.2, 0) is 0 Å². The van der Waals surface area contributed by atoms with Crippen LogP contribution in [0.4, 0.5) is 0 Å². The van der Waals surface area contributed by atoms with Gasteiger partial charge in [-0.15, -0.1) is 0 Å². The Labute approximate surface area is 115 Å². The Balaban J connectivity index is 2.07. The van der Waals surface area contributed by atoms with Gasteiger partial charge in [-0.2, -0.15) is 0 Å². The van der Waals surface area contributed by atoms with Crippen LogP contribution in [-0.4, -0.2) is 19.8 Å². The highest BCUT2D eigenvalue weighted by Crippen LogP contribution is 2.44. The molecule has 3 aromatic rings. The minimum atomic E-state index is 0.0576. The van der Waals surface area contributed by atoms with Crippen LogP contribution in [0.25, 0.3) is 22.4 Å². The second-order valence-electron chi connectivity index (χ2n) is 5.20. The van der Waals surface area contributed by atoms with E-state index in [4.69, 9.17) is 0 Å². The fraction of sp³-hybridized carbons (Fsp3) is 0.188. The standard InChI is InChI=1S/C16H14N2O2/c19-13-6-3-7-14(20)15(13)16-17-11-4-1-2-5-12(11)18(16)10-8-9-10/h1-7,10,19-20H,8-9H2. The van der Waals surface area contributed by atoms with Crippen LogP contribution < -0.4 is 0 Å². The van der Waals surface area contributed by atoms with Crippen molar-refractivity contribution in [2.24, 2.45) is 0 Å². The summed E-state index contributed by atoms with van der Waals surface area (Å²) in [5.74, 6) is 0.758. The SMILES string of the molecule is Oc1cccc(O)c1-c1nc2ccccc2n1C1CC1. The lowest BCUT2D eigenvalue weighted by atomic mass is 10.1. The molecule has 4 rings (SSSR count). The first-order valence-electron chi connectivity index (χ1n) is 6.74. The van der Waals surface area contributed by atoms with Crippen LogP contribution in [0.5, 0.6) is 11.5 Å². The van der Waals surface area contributed by atoms with Gasteiger partial charge in [0.1, 0.15) is 22.9 Å². The summed E-state index contributed by atoms with van der Waals surface area (Å²) in [6.45, 7) is 0. The zero-order valence-electron chi connectivity index (χ0n) is 10.8. The molecular formula is C16H14N2O2. The molecule has 0 spiro atoms. The predicted molar refractivity (Wildman–Crippen MR) is 76.8 cm³/mol. The Morgan fingerprint density at radius 3 is 2.35 bits per heavy atom. The molecule has 1 aliphatic carbocycles. The number of rotatable bonds is 2. The summed E-state index contributed by atoms with van der Waals surface area (Å²) in [4.78, 5) is 4.61. The average molecular weight is 266 g/mol. The van der Waals surface area contributed by atoms with Crippen molar-refractivity contribution < 1.29 is 10.2 Å². The first-order valence-corrected chi connectivity index (χ1v) is 6.74. The number of hydrogen-bond donors (Lipinski definition) is 2. The van der Waals surface area contributed by atoms with Gasteiger partial charge >= 0.3 is 0 Å². The van der Waals surface area contributed by atoms with Crippen LogP contribution in [0, 0.1) is 0 Å². The van der Waals surface area contributed by atoms with Crippen LogP contribution in [0.15, 0.2) is 42.5 Å². The Hall–Kier alpha value is -2.49. The highest BCUT2D eigenvalue weighted by molar-refractivity contribution is 5.84. The maximum absolute atomic E-state index is 10.1. The van der Waals surface area contributed by atoms with E-state index < -0.39 is 0 Å². The van der Waals surface area contributed by atoms with Crippen molar-refractivity contribution in [1.29, 1.82) is 0 Å². The molecule has 4 heteroatoms. The third-order valence-corrected chi connectivity index (χ3v) is 3.75. The second kappa shape index (κ2) is 4.00. The zero-order valence-corrected chi connectivity index (χ0v) is 10.8. The molecule has 2 aromatic carbocycles. The van der Waals surface area contributed by atoms with Gasteiger partial charge in [-0.25, -0.2) is 4.98 Å². The van der Waals surface area contributed by atoms with Gasteiger partial charge in [0.15, 0.2) is 0 Å². The summed E-state index contributed by atoms with van der Waals surface area (Å²) in [6, 6.07) is 13.1. The molecule has 0 unspecified atom stereocenters. The molecule has 0 amide bonds. The van der Waals surface area contributed by atoms with Crippen LogP contribution in [0.3, 0.4) is 0 Å². The summed E-state index contributed by atoms with van der Waals surface area (Å²) in [7, 11) is 0. The lowest BCUT2D eigenvalue weighted by Crippen LogP contribution is -1.97. The average Bonchev–Trinajstić information content (AvgIpc) is 3.19. The molecule has 1 saturated carbocycles. The third kappa shape index (κ3) is 1.58. The van der Waals surface area contributed by atoms with Gasteiger partial charge < -0.3 is 14.8 Å². The molecular weight excluding hydrogens is 252 g/mol. The number of nitrogens with zero attached hydrogens (tertiary/aromatic N) is 2. The van der Waals surface area contributed by atoms with Crippen molar-refractivity contribution >= 4 is 11.0 Å². The minimum Gasteiger partial charge on any atom is -0.507 e. The molecule has 1 aliphatic rings. The quantitative estimate of drug-likeness (QED) is 0.747. The Morgan fingerprint density at radius 2 is 1.65 bits per heavy atom. The number of imidazole rings is 1. The number of aromatic hydroxyl groups is 2. The smallest absolute Gasteiger partial charge is 0.148 e. The molecule has 4 nitrogen and oxygen atoms in total. The van der Waals surface area contributed by atoms with Crippen molar-refractivity contribution in [2.45, 2.75) is 18.9 Å². The van der Waals surface area contributed by atoms with E-state index in [-0.39, 0.29) is 11.5 Å². The van der Waals surface area contributed by atoms with E-state index in [1.165, 1.54) is 0 Å². The molecule has 1 fully saturated rings. The maximum Gasteiger partial charge on any atom is 0.148 e. The summed E-state index contributed by atoms with van der Waals surface area (Å²) in [5, 5.41) is 20.2. The van der Waals surface area contributed by atoms with Gasteiger partial charge in [0, 0.05) is 6.04 Å². The van der Waals surface area contributed by atoms with Gasteiger partial charge in [-0.05, 0) is 37.1 Å². The van der Waals surface area contributed by atoms with Crippen LogP contribution >= 0.6 is 0 Å². The number of fused-ring (bicyclic) bond motifs is 1. The van der Waals surface area contributed by atoms with Gasteiger partial charge in [0.2, 0.25) is 0 Å². The van der Waals surface area contributed by atoms with Gasteiger partial charge in [-0.1, -0.05) is 18.2 Å². The third-order valence-electron chi connectivity index (χ3n) is 3.75. The monoisotopic (exact) mass is 266 g/mol. The summed E-state index contributed by atoms with van der Waals surface area (Å²) in [6.07, 6.45) is 2.23. The van der Waals surface area contributed by atoms with Crippen LogP contribution in [0.1, 0.15) is 18.9 Å². The highest BCUT2D eigenvalue weighted by Gasteiger charge is 2.30. The zero-order chi connectivity index (χ0) is 13.7. The number of para-hydroxylation sites is 2. The number of phenols is 2. The van der Waals surface area contributed by atoms with Gasteiger partial charge in [-0.3, -0.25) is 0 Å². The number of phenolic OH excluding ortho intramolecular Hbond substituents is 2. The first-order chi connectivity index (χ1) is 9.75. The van der Waals surface area contributed by atoms with E-state index in [0.29, 0.717) is 17.4 Å². The molecule has 0 aliphatic heterocycles. The topological polar surface area (TPSA) is 58.3 Å². The van der Waals surface area contributed by atoms with E-state index in [1.807, 2.05) is 24.3 Å². The molecule has 1 aromatic heterocycles.